The van der Waals surface area contributed by atoms with Gasteiger partial charge in [-0.3, -0.25) is 14.3 Å². The number of nitrogens with one attached hydrogen (secondary N) is 1. The first-order valence-electron chi connectivity index (χ1n) is 10.0. The summed E-state index contributed by atoms with van der Waals surface area (Å²) in [7, 11) is 0. The summed E-state index contributed by atoms with van der Waals surface area (Å²) in [6.45, 7) is 1.18. The second-order valence-corrected chi connectivity index (χ2v) is 8.75. The van der Waals surface area contributed by atoms with Gasteiger partial charge in [0.1, 0.15) is 10.6 Å². The van der Waals surface area contributed by atoms with Gasteiger partial charge in [-0.25, -0.2) is 9.37 Å². The van der Waals surface area contributed by atoms with E-state index in [1.165, 1.54) is 22.6 Å². The first-order valence-corrected chi connectivity index (χ1v) is 10.9. The molecule has 0 aliphatic heterocycles. The molecule has 1 aliphatic carbocycles. The van der Waals surface area contributed by atoms with Crippen LogP contribution in [-0.2, 0) is 25.9 Å². The van der Waals surface area contributed by atoms with E-state index in [1.54, 1.807) is 40.6 Å². The molecule has 5 rings (SSSR count). The fraction of sp³-hybridized carbons (Fsp3) is 0.261. The summed E-state index contributed by atoms with van der Waals surface area (Å²) in [5, 5.41) is 4.37. The van der Waals surface area contributed by atoms with Gasteiger partial charge < -0.3 is 5.32 Å². The summed E-state index contributed by atoms with van der Waals surface area (Å²) < 4.78 is 14.8. The summed E-state index contributed by atoms with van der Waals surface area (Å²) in [5.74, 6) is -0.279. The van der Waals surface area contributed by atoms with Crippen molar-refractivity contribution in [2.45, 2.75) is 38.4 Å². The fourth-order valence-corrected chi connectivity index (χ4v) is 5.30. The Kier molecular flexibility index (Phi) is 5.14. The van der Waals surface area contributed by atoms with E-state index in [9.17, 15) is 9.18 Å². The number of fused-ring (bicyclic) bond motifs is 3. The Bertz CT molecular complexity index is 1230. The Morgan fingerprint density at radius 1 is 1.20 bits per heavy atom. The van der Waals surface area contributed by atoms with Crippen LogP contribution >= 0.6 is 11.3 Å². The Labute approximate surface area is 177 Å². The number of nitrogens with zero attached hydrogens (tertiary/aromatic N) is 3. The summed E-state index contributed by atoms with van der Waals surface area (Å²) in [6, 6.07) is 10.6. The van der Waals surface area contributed by atoms with Gasteiger partial charge in [0, 0.05) is 29.9 Å². The molecule has 7 heteroatoms. The van der Waals surface area contributed by atoms with E-state index in [1.807, 2.05) is 12.3 Å². The molecule has 3 aromatic heterocycles. The van der Waals surface area contributed by atoms with Crippen molar-refractivity contribution in [1.82, 2.24) is 19.9 Å². The number of aryl methyl sites for hydroxylation is 1. The van der Waals surface area contributed by atoms with Crippen LogP contribution < -0.4 is 10.9 Å². The Morgan fingerprint density at radius 2 is 2.07 bits per heavy atom. The Balaban J connectivity index is 1.37. The highest BCUT2D eigenvalue weighted by atomic mass is 32.1. The number of halogens is 1. The topological polar surface area (TPSA) is 59.8 Å². The van der Waals surface area contributed by atoms with Crippen molar-refractivity contribution >= 4 is 21.6 Å². The van der Waals surface area contributed by atoms with Crippen LogP contribution in [0.4, 0.5) is 4.39 Å². The summed E-state index contributed by atoms with van der Waals surface area (Å²) in [4.78, 5) is 23.9. The van der Waals surface area contributed by atoms with E-state index in [-0.39, 0.29) is 11.4 Å². The maximum atomic E-state index is 13.2. The van der Waals surface area contributed by atoms with Crippen LogP contribution in [0.1, 0.15) is 28.0 Å². The largest absolute Gasteiger partial charge is 0.309 e. The standard InChI is InChI=1S/C23H21FN4OS/c24-17-5-3-15(4-6-17)13-28-14-27-22-21(23(28)29)19-8-7-18(10-20(19)30-22)26-12-16-2-1-9-25-11-16/h1-6,9,11,14,18,26H,7-8,10,12-13H2/t18-/m1/s1. The van der Waals surface area contributed by atoms with E-state index in [0.29, 0.717) is 12.6 Å². The highest BCUT2D eigenvalue weighted by Crippen LogP contribution is 2.33. The number of rotatable bonds is 5. The molecule has 0 saturated heterocycles. The second-order valence-electron chi connectivity index (χ2n) is 7.67. The predicted octanol–water partition coefficient (Wildman–Crippen LogP) is 3.69. The lowest BCUT2D eigenvalue weighted by atomic mass is 9.93. The third-order valence-electron chi connectivity index (χ3n) is 5.62. The first kappa shape index (κ1) is 19.1. The van der Waals surface area contributed by atoms with Crippen LogP contribution in [-0.4, -0.2) is 20.6 Å². The van der Waals surface area contributed by atoms with Gasteiger partial charge in [0.05, 0.1) is 18.3 Å². The molecule has 0 radical (unpaired) electrons. The molecule has 1 N–H and O–H groups in total. The molecule has 0 amide bonds. The molecule has 0 saturated carbocycles. The molecule has 0 spiro atoms. The maximum absolute atomic E-state index is 13.2. The molecule has 0 unspecified atom stereocenters. The maximum Gasteiger partial charge on any atom is 0.262 e. The summed E-state index contributed by atoms with van der Waals surface area (Å²) in [6.07, 6.45) is 8.04. The average molecular weight is 421 g/mol. The van der Waals surface area contributed by atoms with Gasteiger partial charge in [-0.1, -0.05) is 18.2 Å². The number of aromatic nitrogens is 3. The molecule has 152 valence electrons. The van der Waals surface area contributed by atoms with Gasteiger partial charge in [-0.05, 0) is 54.2 Å². The van der Waals surface area contributed by atoms with Gasteiger partial charge in [-0.2, -0.15) is 0 Å². The van der Waals surface area contributed by atoms with Gasteiger partial charge in [0.15, 0.2) is 0 Å². The quantitative estimate of drug-likeness (QED) is 0.535. The molecule has 5 nitrogen and oxygen atoms in total. The smallest absolute Gasteiger partial charge is 0.262 e. The van der Waals surface area contributed by atoms with Crippen LogP contribution in [0.3, 0.4) is 0 Å². The minimum atomic E-state index is -0.279. The lowest BCUT2D eigenvalue weighted by molar-refractivity contribution is 0.462. The van der Waals surface area contributed by atoms with E-state index in [2.05, 4.69) is 21.4 Å². The van der Waals surface area contributed by atoms with Crippen LogP contribution in [0.25, 0.3) is 10.2 Å². The number of pyridine rings is 1. The monoisotopic (exact) mass is 420 g/mol. The molecule has 3 heterocycles. The van der Waals surface area contributed by atoms with Gasteiger partial charge in [0.2, 0.25) is 0 Å². The third-order valence-corrected chi connectivity index (χ3v) is 6.78. The fourth-order valence-electron chi connectivity index (χ4n) is 4.04. The van der Waals surface area contributed by atoms with Crippen molar-refractivity contribution in [2.75, 3.05) is 0 Å². The minimum Gasteiger partial charge on any atom is -0.309 e. The Morgan fingerprint density at radius 3 is 2.87 bits per heavy atom. The molecule has 0 fully saturated rings. The van der Waals surface area contributed by atoms with Crippen LogP contribution in [0.5, 0.6) is 0 Å². The second kappa shape index (κ2) is 8.08. The predicted molar refractivity (Wildman–Crippen MR) is 116 cm³/mol. The van der Waals surface area contributed by atoms with Crippen molar-refractivity contribution in [3.05, 3.63) is 92.9 Å². The first-order chi connectivity index (χ1) is 14.7. The van der Waals surface area contributed by atoms with E-state index in [4.69, 9.17) is 0 Å². The summed E-state index contributed by atoms with van der Waals surface area (Å²) in [5.41, 5.74) is 3.19. The van der Waals surface area contributed by atoms with E-state index in [0.717, 1.165) is 47.2 Å². The summed E-state index contributed by atoms with van der Waals surface area (Å²) >= 11 is 1.63. The zero-order valence-electron chi connectivity index (χ0n) is 16.3. The van der Waals surface area contributed by atoms with Crippen molar-refractivity contribution in [3.63, 3.8) is 0 Å². The molecular weight excluding hydrogens is 399 g/mol. The molecule has 30 heavy (non-hydrogen) atoms. The van der Waals surface area contributed by atoms with Crippen molar-refractivity contribution in [2.24, 2.45) is 0 Å². The van der Waals surface area contributed by atoms with Crippen LogP contribution in [0.2, 0.25) is 0 Å². The molecule has 1 aliphatic rings. The minimum absolute atomic E-state index is 0.0106. The zero-order valence-corrected chi connectivity index (χ0v) is 17.2. The average Bonchev–Trinajstić information content (AvgIpc) is 3.15. The number of benzene rings is 1. The van der Waals surface area contributed by atoms with E-state index >= 15 is 0 Å². The molecule has 1 atom stereocenters. The van der Waals surface area contributed by atoms with Gasteiger partial charge in [0.25, 0.3) is 5.56 Å². The Hall–Kier alpha value is -2.90. The van der Waals surface area contributed by atoms with E-state index < -0.39 is 0 Å². The lowest BCUT2D eigenvalue weighted by Gasteiger charge is -2.23. The van der Waals surface area contributed by atoms with Gasteiger partial charge in [-0.15, -0.1) is 11.3 Å². The molecule has 0 bridgehead atoms. The molecule has 4 aromatic rings. The molecular formula is C23H21FN4OS. The van der Waals surface area contributed by atoms with Gasteiger partial charge >= 0.3 is 0 Å². The molecule has 1 aromatic carbocycles. The zero-order chi connectivity index (χ0) is 20.5. The number of hydrogen-bond donors (Lipinski definition) is 1. The third kappa shape index (κ3) is 3.78. The highest BCUT2D eigenvalue weighted by molar-refractivity contribution is 7.18. The van der Waals surface area contributed by atoms with Crippen molar-refractivity contribution in [1.29, 1.82) is 0 Å². The number of hydrogen-bond acceptors (Lipinski definition) is 5. The lowest BCUT2D eigenvalue weighted by Crippen LogP contribution is -2.33. The van der Waals surface area contributed by atoms with Crippen molar-refractivity contribution in [3.8, 4) is 0 Å². The van der Waals surface area contributed by atoms with Crippen LogP contribution in [0.15, 0.2) is 59.9 Å². The SMILES string of the molecule is O=c1c2c3c(sc2ncn1Cc1ccc(F)cc1)C[C@H](NCc1cccnc1)CC3. The number of thiophene rings is 1. The van der Waals surface area contributed by atoms with Crippen LogP contribution in [0, 0.1) is 5.82 Å². The highest BCUT2D eigenvalue weighted by Gasteiger charge is 2.25. The normalized spacial score (nSPS) is 16.0. The van der Waals surface area contributed by atoms with Crippen molar-refractivity contribution < 1.29 is 4.39 Å².